The van der Waals surface area contributed by atoms with Crippen molar-refractivity contribution in [3.05, 3.63) is 34.3 Å². The molecule has 0 aliphatic carbocycles. The number of hydrogen-bond acceptors (Lipinski definition) is 2. The molecule has 1 aromatic rings. The minimum absolute atomic E-state index is 0.615. The molecule has 2 rings (SSSR count). The number of benzene rings is 1. The van der Waals surface area contributed by atoms with Crippen LogP contribution in [0.4, 0.5) is 0 Å². The molecular formula is C12H16ClNO. The quantitative estimate of drug-likeness (QED) is 0.806. The molecule has 1 saturated heterocycles. The Kier molecular flexibility index (Phi) is 3.01. The van der Waals surface area contributed by atoms with Gasteiger partial charge in [0.25, 0.3) is 0 Å². The highest BCUT2D eigenvalue weighted by Gasteiger charge is 2.32. The predicted molar refractivity (Wildman–Crippen MR) is 62.3 cm³/mol. The SMILES string of the molecule is Cc1cccc(Cl)c1CC1(O)CCNC1. The fraction of sp³-hybridized carbons (Fsp3) is 0.500. The molecule has 2 N–H and O–H groups in total. The smallest absolute Gasteiger partial charge is 0.0824 e. The van der Waals surface area contributed by atoms with E-state index < -0.39 is 5.60 Å². The van der Waals surface area contributed by atoms with Crippen molar-refractivity contribution < 1.29 is 5.11 Å². The van der Waals surface area contributed by atoms with Crippen molar-refractivity contribution in [2.24, 2.45) is 0 Å². The monoisotopic (exact) mass is 225 g/mol. The molecule has 0 aromatic heterocycles. The van der Waals surface area contributed by atoms with Gasteiger partial charge in [-0.3, -0.25) is 0 Å². The zero-order chi connectivity index (χ0) is 10.9. The van der Waals surface area contributed by atoms with Gasteiger partial charge in [0.1, 0.15) is 0 Å². The number of aliphatic hydroxyl groups is 1. The highest BCUT2D eigenvalue weighted by molar-refractivity contribution is 6.31. The summed E-state index contributed by atoms with van der Waals surface area (Å²) in [5.41, 5.74) is 1.61. The van der Waals surface area contributed by atoms with E-state index in [9.17, 15) is 5.11 Å². The summed E-state index contributed by atoms with van der Waals surface area (Å²) in [5, 5.41) is 14.2. The maximum absolute atomic E-state index is 10.3. The number of β-amino-alcohol motifs (C(OH)–C–C–N with tert-alkyl or cyclic N) is 1. The number of halogens is 1. The lowest BCUT2D eigenvalue weighted by molar-refractivity contribution is 0.0617. The molecule has 1 unspecified atom stereocenters. The van der Waals surface area contributed by atoms with Crippen LogP contribution in [0.2, 0.25) is 5.02 Å². The topological polar surface area (TPSA) is 32.3 Å². The van der Waals surface area contributed by atoms with Crippen LogP contribution in [0.5, 0.6) is 0 Å². The Hall–Kier alpha value is -0.570. The van der Waals surface area contributed by atoms with E-state index in [1.807, 2.05) is 25.1 Å². The first-order valence-electron chi connectivity index (χ1n) is 5.28. The summed E-state index contributed by atoms with van der Waals surface area (Å²) in [6.07, 6.45) is 1.45. The molecule has 1 aromatic carbocycles. The van der Waals surface area contributed by atoms with Crippen molar-refractivity contribution >= 4 is 11.6 Å². The van der Waals surface area contributed by atoms with E-state index in [0.717, 1.165) is 29.1 Å². The lowest BCUT2D eigenvalue weighted by Gasteiger charge is -2.22. The van der Waals surface area contributed by atoms with Crippen LogP contribution in [0, 0.1) is 6.92 Å². The lowest BCUT2D eigenvalue weighted by atomic mass is 9.91. The van der Waals surface area contributed by atoms with Gasteiger partial charge in [0.15, 0.2) is 0 Å². The van der Waals surface area contributed by atoms with E-state index in [1.54, 1.807) is 0 Å². The summed E-state index contributed by atoms with van der Waals surface area (Å²) in [6, 6.07) is 5.86. The number of nitrogens with one attached hydrogen (secondary N) is 1. The first kappa shape index (κ1) is 10.9. The highest BCUT2D eigenvalue weighted by atomic mass is 35.5. The van der Waals surface area contributed by atoms with Crippen LogP contribution in [0.15, 0.2) is 18.2 Å². The summed E-state index contributed by atoms with van der Waals surface area (Å²) in [4.78, 5) is 0. The molecular weight excluding hydrogens is 210 g/mol. The Morgan fingerprint density at radius 3 is 2.93 bits per heavy atom. The first-order chi connectivity index (χ1) is 7.11. The fourth-order valence-electron chi connectivity index (χ4n) is 2.10. The van der Waals surface area contributed by atoms with Crippen molar-refractivity contribution in [3.63, 3.8) is 0 Å². The predicted octanol–water partition coefficient (Wildman–Crippen LogP) is 1.92. The van der Waals surface area contributed by atoms with Gasteiger partial charge < -0.3 is 10.4 Å². The second kappa shape index (κ2) is 4.12. The molecule has 0 radical (unpaired) electrons. The van der Waals surface area contributed by atoms with E-state index >= 15 is 0 Å². The van der Waals surface area contributed by atoms with Gasteiger partial charge in [0, 0.05) is 18.0 Å². The molecule has 15 heavy (non-hydrogen) atoms. The highest BCUT2D eigenvalue weighted by Crippen LogP contribution is 2.27. The van der Waals surface area contributed by atoms with E-state index in [-0.39, 0.29) is 0 Å². The molecule has 1 heterocycles. The largest absolute Gasteiger partial charge is 0.388 e. The molecule has 1 fully saturated rings. The Balaban J connectivity index is 2.23. The first-order valence-corrected chi connectivity index (χ1v) is 5.66. The maximum atomic E-state index is 10.3. The Morgan fingerprint density at radius 2 is 2.33 bits per heavy atom. The summed E-state index contributed by atoms with van der Waals surface area (Å²) < 4.78 is 0. The van der Waals surface area contributed by atoms with Crippen molar-refractivity contribution in [1.29, 1.82) is 0 Å². The minimum Gasteiger partial charge on any atom is -0.388 e. The molecule has 2 nitrogen and oxygen atoms in total. The number of hydrogen-bond donors (Lipinski definition) is 2. The van der Waals surface area contributed by atoms with Gasteiger partial charge in [0.2, 0.25) is 0 Å². The third-order valence-electron chi connectivity index (χ3n) is 3.08. The van der Waals surface area contributed by atoms with Crippen LogP contribution in [0.3, 0.4) is 0 Å². The van der Waals surface area contributed by atoms with Crippen molar-refractivity contribution in [2.75, 3.05) is 13.1 Å². The van der Waals surface area contributed by atoms with E-state index in [0.29, 0.717) is 13.0 Å². The summed E-state index contributed by atoms with van der Waals surface area (Å²) in [6.45, 7) is 3.59. The van der Waals surface area contributed by atoms with Crippen molar-refractivity contribution in [1.82, 2.24) is 5.32 Å². The van der Waals surface area contributed by atoms with Gasteiger partial charge in [-0.05, 0) is 37.1 Å². The third-order valence-corrected chi connectivity index (χ3v) is 3.43. The molecule has 82 valence electrons. The number of rotatable bonds is 2. The molecule has 0 amide bonds. The molecule has 0 saturated carbocycles. The Bertz CT molecular complexity index is 338. The lowest BCUT2D eigenvalue weighted by Crippen LogP contribution is -2.34. The van der Waals surface area contributed by atoms with Crippen LogP contribution in [-0.4, -0.2) is 23.8 Å². The van der Waals surface area contributed by atoms with Crippen LogP contribution in [0.25, 0.3) is 0 Å². The third kappa shape index (κ3) is 2.33. The van der Waals surface area contributed by atoms with E-state index in [4.69, 9.17) is 11.6 Å². The molecule has 3 heteroatoms. The molecule has 0 bridgehead atoms. The van der Waals surface area contributed by atoms with Gasteiger partial charge in [-0.25, -0.2) is 0 Å². The zero-order valence-corrected chi connectivity index (χ0v) is 9.64. The maximum Gasteiger partial charge on any atom is 0.0824 e. The van der Waals surface area contributed by atoms with Gasteiger partial charge in [0.05, 0.1) is 5.60 Å². The van der Waals surface area contributed by atoms with Crippen LogP contribution in [-0.2, 0) is 6.42 Å². The summed E-state index contributed by atoms with van der Waals surface area (Å²) >= 11 is 6.14. The molecule has 1 aliphatic heterocycles. The number of aryl methyl sites for hydroxylation is 1. The standard InChI is InChI=1S/C12H16ClNO/c1-9-3-2-4-11(13)10(9)7-12(15)5-6-14-8-12/h2-4,14-15H,5-8H2,1H3. The van der Waals surface area contributed by atoms with Gasteiger partial charge in [-0.1, -0.05) is 23.7 Å². The second-order valence-electron chi connectivity index (χ2n) is 4.36. The normalized spacial score (nSPS) is 25.8. The summed E-state index contributed by atoms with van der Waals surface area (Å²) in [7, 11) is 0. The average molecular weight is 226 g/mol. The zero-order valence-electron chi connectivity index (χ0n) is 8.89. The second-order valence-corrected chi connectivity index (χ2v) is 4.77. The Labute approximate surface area is 95.3 Å². The van der Waals surface area contributed by atoms with Crippen LogP contribution in [0.1, 0.15) is 17.5 Å². The van der Waals surface area contributed by atoms with Crippen LogP contribution < -0.4 is 5.32 Å². The van der Waals surface area contributed by atoms with Gasteiger partial charge >= 0.3 is 0 Å². The molecule has 1 atom stereocenters. The van der Waals surface area contributed by atoms with Gasteiger partial charge in [-0.15, -0.1) is 0 Å². The van der Waals surface area contributed by atoms with Crippen molar-refractivity contribution in [3.8, 4) is 0 Å². The molecule has 0 spiro atoms. The summed E-state index contributed by atoms with van der Waals surface area (Å²) in [5.74, 6) is 0. The fourth-order valence-corrected chi connectivity index (χ4v) is 2.39. The molecule has 1 aliphatic rings. The Morgan fingerprint density at radius 1 is 1.53 bits per heavy atom. The minimum atomic E-state index is -0.615. The van der Waals surface area contributed by atoms with E-state index in [1.165, 1.54) is 0 Å². The van der Waals surface area contributed by atoms with Crippen molar-refractivity contribution in [2.45, 2.75) is 25.4 Å². The average Bonchev–Trinajstić information content (AvgIpc) is 2.60. The van der Waals surface area contributed by atoms with Crippen LogP contribution >= 0.6 is 11.6 Å². The van der Waals surface area contributed by atoms with E-state index in [2.05, 4.69) is 5.32 Å². The van der Waals surface area contributed by atoms with Gasteiger partial charge in [-0.2, -0.15) is 0 Å².